The van der Waals surface area contributed by atoms with Gasteiger partial charge in [0.25, 0.3) is 5.69 Å². The Bertz CT molecular complexity index is 713. The van der Waals surface area contributed by atoms with Crippen molar-refractivity contribution >= 4 is 23.0 Å². The maximum absolute atomic E-state index is 11.6. The third-order valence-corrected chi connectivity index (χ3v) is 2.72. The molecule has 0 aromatic heterocycles. The Labute approximate surface area is 125 Å². The van der Waals surface area contributed by atoms with Crippen molar-refractivity contribution in [2.45, 2.75) is 0 Å². The summed E-state index contributed by atoms with van der Waals surface area (Å²) in [6.07, 6.45) is 0. The molecule has 0 bridgehead atoms. The molecular weight excluding hydrogens is 288 g/mol. The molecule has 22 heavy (non-hydrogen) atoms. The van der Waals surface area contributed by atoms with Gasteiger partial charge in [0.1, 0.15) is 5.69 Å². The predicted molar refractivity (Wildman–Crippen MR) is 79.0 cm³/mol. The maximum Gasteiger partial charge on any atom is 0.340 e. The smallest absolute Gasteiger partial charge is 0.340 e. The molecule has 2 rings (SSSR count). The lowest BCUT2D eigenvalue weighted by Gasteiger charge is -2.02. The molecule has 0 aliphatic rings. The van der Waals surface area contributed by atoms with Crippen LogP contribution in [0.5, 0.6) is 0 Å². The number of hydrogen-bond acceptors (Lipinski definition) is 6. The summed E-state index contributed by atoms with van der Waals surface area (Å²) in [5.41, 5.74) is 3.79. The highest BCUT2D eigenvalue weighted by Gasteiger charge is 2.10. The van der Waals surface area contributed by atoms with Gasteiger partial charge < -0.3 is 4.74 Å². The Morgan fingerprint density at radius 3 is 2.50 bits per heavy atom. The zero-order chi connectivity index (χ0) is 15.9. The maximum atomic E-state index is 11.6. The van der Waals surface area contributed by atoms with Crippen LogP contribution in [0.1, 0.15) is 10.4 Å². The van der Waals surface area contributed by atoms with E-state index < -0.39 is 10.9 Å². The van der Waals surface area contributed by atoms with E-state index in [0.29, 0.717) is 16.9 Å². The molecule has 0 radical (unpaired) electrons. The number of methoxy groups -OCH3 is 1. The van der Waals surface area contributed by atoms with Crippen molar-refractivity contribution < 1.29 is 14.5 Å². The highest BCUT2D eigenvalue weighted by Crippen LogP contribution is 2.20. The Balaban J connectivity index is 2.10. The summed E-state index contributed by atoms with van der Waals surface area (Å²) < 4.78 is 4.65. The number of rotatable bonds is 5. The number of nitro benzene ring substituents is 1. The zero-order valence-corrected chi connectivity index (χ0v) is 11.6. The van der Waals surface area contributed by atoms with E-state index in [1.165, 1.54) is 31.4 Å². The fraction of sp³-hybridized carbons (Fsp3) is 0.0714. The molecule has 0 fully saturated rings. The number of nitrogens with zero attached hydrogens (tertiary/aromatic N) is 3. The van der Waals surface area contributed by atoms with Gasteiger partial charge in [-0.05, 0) is 24.3 Å². The van der Waals surface area contributed by atoms with E-state index in [0.717, 1.165) is 0 Å². The van der Waals surface area contributed by atoms with Gasteiger partial charge in [0.2, 0.25) is 0 Å². The molecule has 0 saturated heterocycles. The lowest BCUT2D eigenvalue weighted by molar-refractivity contribution is -0.384. The lowest BCUT2D eigenvalue weighted by atomic mass is 10.2. The first-order valence-electron chi connectivity index (χ1n) is 6.20. The molecule has 0 aliphatic heterocycles. The number of nitrogens with one attached hydrogen (secondary N) is 1. The summed E-state index contributed by atoms with van der Waals surface area (Å²) in [5.74, 6) is -0.509. The third kappa shape index (κ3) is 3.63. The van der Waals surface area contributed by atoms with Crippen LogP contribution < -0.4 is 5.43 Å². The number of ether oxygens (including phenoxy) is 1. The second kappa shape index (κ2) is 6.93. The van der Waals surface area contributed by atoms with Crippen LogP contribution in [0.3, 0.4) is 0 Å². The predicted octanol–water partition coefficient (Wildman–Crippen LogP) is 3.49. The minimum absolute atomic E-state index is 0.0153. The van der Waals surface area contributed by atoms with Crippen LogP contribution in [0.2, 0.25) is 0 Å². The minimum Gasteiger partial charge on any atom is -0.465 e. The Hall–Kier alpha value is -3.29. The van der Waals surface area contributed by atoms with Gasteiger partial charge in [-0.3, -0.25) is 15.5 Å². The van der Waals surface area contributed by atoms with Crippen molar-refractivity contribution in [2.75, 3.05) is 12.5 Å². The average Bonchev–Trinajstić information content (AvgIpc) is 2.55. The van der Waals surface area contributed by atoms with Gasteiger partial charge in [0.15, 0.2) is 0 Å². The van der Waals surface area contributed by atoms with Crippen LogP contribution in [0, 0.1) is 10.1 Å². The van der Waals surface area contributed by atoms with Crippen LogP contribution >= 0.6 is 0 Å². The van der Waals surface area contributed by atoms with Crippen molar-refractivity contribution in [3.63, 3.8) is 0 Å². The molecule has 0 heterocycles. The fourth-order valence-electron chi connectivity index (χ4n) is 1.64. The van der Waals surface area contributed by atoms with Crippen LogP contribution in [-0.4, -0.2) is 18.0 Å². The molecule has 0 amide bonds. The number of carbonyl (C=O) groups excluding carboxylic acids is 1. The number of carbonyl (C=O) groups is 1. The van der Waals surface area contributed by atoms with E-state index in [1.807, 2.05) is 0 Å². The van der Waals surface area contributed by atoms with Gasteiger partial charge in [0, 0.05) is 12.1 Å². The summed E-state index contributed by atoms with van der Waals surface area (Å²) in [6.45, 7) is 0. The average molecular weight is 300 g/mol. The van der Waals surface area contributed by atoms with Crippen LogP contribution in [-0.2, 0) is 4.74 Å². The Morgan fingerprint density at radius 2 is 1.86 bits per heavy atom. The minimum atomic E-state index is -0.509. The molecule has 2 aromatic carbocycles. The van der Waals surface area contributed by atoms with E-state index in [4.69, 9.17) is 0 Å². The Morgan fingerprint density at radius 1 is 1.18 bits per heavy atom. The third-order valence-electron chi connectivity index (χ3n) is 2.72. The van der Waals surface area contributed by atoms with Gasteiger partial charge in [-0.15, -0.1) is 5.11 Å². The second-order valence-corrected chi connectivity index (χ2v) is 4.12. The molecule has 2 aromatic rings. The second-order valence-electron chi connectivity index (χ2n) is 4.12. The van der Waals surface area contributed by atoms with Gasteiger partial charge in [-0.1, -0.05) is 17.4 Å². The van der Waals surface area contributed by atoms with E-state index in [-0.39, 0.29) is 5.69 Å². The SMILES string of the molecule is COC(=O)c1ccccc1N=NNc1ccc([N+](=O)[O-])cc1. The van der Waals surface area contributed by atoms with Crippen LogP contribution in [0.15, 0.2) is 58.9 Å². The van der Waals surface area contributed by atoms with Gasteiger partial charge >= 0.3 is 5.97 Å². The molecule has 112 valence electrons. The Kier molecular flexibility index (Phi) is 4.76. The highest BCUT2D eigenvalue weighted by atomic mass is 16.6. The molecule has 0 saturated carbocycles. The van der Waals surface area contributed by atoms with Crippen LogP contribution in [0.4, 0.5) is 17.1 Å². The summed E-state index contributed by atoms with van der Waals surface area (Å²) >= 11 is 0. The van der Waals surface area contributed by atoms with E-state index in [9.17, 15) is 14.9 Å². The number of esters is 1. The summed E-state index contributed by atoms with van der Waals surface area (Å²) in [6, 6.07) is 12.3. The molecule has 0 spiro atoms. The number of nitro groups is 1. The quantitative estimate of drug-likeness (QED) is 0.393. The number of anilines is 1. The largest absolute Gasteiger partial charge is 0.465 e. The standard InChI is InChI=1S/C14H12N4O4/c1-22-14(19)12-4-2-3-5-13(12)16-17-15-10-6-8-11(9-7-10)18(20)21/h2-9H,1H3,(H,15,16). The number of benzene rings is 2. The molecular formula is C14H12N4O4. The monoisotopic (exact) mass is 300 g/mol. The van der Waals surface area contributed by atoms with Gasteiger partial charge in [0.05, 0.1) is 23.3 Å². The van der Waals surface area contributed by atoms with Gasteiger partial charge in [-0.2, -0.15) is 0 Å². The van der Waals surface area contributed by atoms with Crippen molar-refractivity contribution in [2.24, 2.45) is 10.3 Å². The lowest BCUT2D eigenvalue weighted by Crippen LogP contribution is -2.01. The molecule has 0 aliphatic carbocycles. The van der Waals surface area contributed by atoms with Crippen molar-refractivity contribution in [1.29, 1.82) is 0 Å². The van der Waals surface area contributed by atoms with E-state index in [2.05, 4.69) is 20.5 Å². The van der Waals surface area contributed by atoms with Crippen molar-refractivity contribution in [3.05, 3.63) is 64.2 Å². The van der Waals surface area contributed by atoms with Gasteiger partial charge in [-0.25, -0.2) is 4.79 Å². The highest BCUT2D eigenvalue weighted by molar-refractivity contribution is 5.94. The normalized spacial score (nSPS) is 10.4. The molecule has 0 atom stereocenters. The summed E-state index contributed by atoms with van der Waals surface area (Å²) in [5, 5.41) is 18.2. The summed E-state index contributed by atoms with van der Waals surface area (Å²) in [4.78, 5) is 21.6. The topological polar surface area (TPSA) is 106 Å². The first-order chi connectivity index (χ1) is 10.6. The fourth-order valence-corrected chi connectivity index (χ4v) is 1.64. The van der Waals surface area contributed by atoms with Crippen molar-refractivity contribution in [1.82, 2.24) is 0 Å². The van der Waals surface area contributed by atoms with E-state index >= 15 is 0 Å². The molecule has 1 N–H and O–H groups in total. The first-order valence-corrected chi connectivity index (χ1v) is 6.20. The molecule has 0 unspecified atom stereocenters. The molecule has 8 heteroatoms. The summed E-state index contributed by atoms with van der Waals surface area (Å²) in [7, 11) is 1.28. The first kappa shape index (κ1) is 15.1. The zero-order valence-electron chi connectivity index (χ0n) is 11.6. The number of hydrogen-bond donors (Lipinski definition) is 1. The van der Waals surface area contributed by atoms with E-state index in [1.54, 1.807) is 24.3 Å². The van der Waals surface area contributed by atoms with Crippen LogP contribution in [0.25, 0.3) is 0 Å². The van der Waals surface area contributed by atoms with Crippen molar-refractivity contribution in [3.8, 4) is 0 Å². The molecule has 8 nitrogen and oxygen atoms in total. The number of non-ortho nitro benzene ring substituents is 1.